The number of benzene rings is 1. The van der Waals surface area contributed by atoms with Crippen molar-refractivity contribution in [3.63, 3.8) is 0 Å². The maximum Gasteiger partial charge on any atom is 0.138 e. The van der Waals surface area contributed by atoms with Crippen molar-refractivity contribution < 1.29 is 5.11 Å². The Morgan fingerprint density at radius 2 is 1.90 bits per heavy atom. The van der Waals surface area contributed by atoms with Crippen LogP contribution in [0.25, 0.3) is 0 Å². The Labute approximate surface area is 137 Å². The minimum Gasteiger partial charge on any atom is -0.506 e. The highest BCUT2D eigenvalue weighted by Gasteiger charge is 2.24. The zero-order chi connectivity index (χ0) is 15.4. The van der Waals surface area contributed by atoms with E-state index in [0.717, 1.165) is 44.2 Å². The quantitative estimate of drug-likeness (QED) is 0.851. The van der Waals surface area contributed by atoms with Crippen LogP contribution in [0.3, 0.4) is 0 Å². The van der Waals surface area contributed by atoms with Crippen LogP contribution < -0.4 is 5.73 Å². The first-order valence-corrected chi connectivity index (χ1v) is 8.43. The predicted octanol–water partition coefficient (Wildman–Crippen LogP) is 4.18. The average molecular weight is 331 g/mol. The number of halogens is 2. The summed E-state index contributed by atoms with van der Waals surface area (Å²) >= 11 is 12.1. The lowest BCUT2D eigenvalue weighted by molar-refractivity contribution is 0.141. The normalized spacial score (nSPS) is 22.7. The summed E-state index contributed by atoms with van der Waals surface area (Å²) in [4.78, 5) is 2.42. The molecule has 1 aromatic carbocycles. The fourth-order valence-corrected chi connectivity index (χ4v) is 3.64. The predicted molar refractivity (Wildman–Crippen MR) is 89.1 cm³/mol. The van der Waals surface area contributed by atoms with Crippen LogP contribution in [0, 0.1) is 0 Å². The summed E-state index contributed by atoms with van der Waals surface area (Å²) in [7, 11) is 0. The zero-order valence-corrected chi connectivity index (χ0v) is 14.0. The topological polar surface area (TPSA) is 49.5 Å². The van der Waals surface area contributed by atoms with Crippen LogP contribution in [0.4, 0.5) is 0 Å². The van der Waals surface area contributed by atoms with E-state index in [0.29, 0.717) is 28.7 Å². The van der Waals surface area contributed by atoms with Gasteiger partial charge in [0.1, 0.15) is 5.75 Å². The number of rotatable bonds is 5. The van der Waals surface area contributed by atoms with Crippen molar-refractivity contribution in [1.29, 1.82) is 0 Å². The fourth-order valence-electron chi connectivity index (χ4n) is 3.10. The molecule has 1 aliphatic rings. The Morgan fingerprint density at radius 1 is 1.24 bits per heavy atom. The van der Waals surface area contributed by atoms with Gasteiger partial charge in [0.2, 0.25) is 0 Å². The highest BCUT2D eigenvalue weighted by molar-refractivity contribution is 6.35. The molecule has 1 fully saturated rings. The Bertz CT molecular complexity index is 474. The van der Waals surface area contributed by atoms with E-state index in [1.807, 2.05) is 0 Å². The third-order valence-corrected chi connectivity index (χ3v) is 4.76. The van der Waals surface area contributed by atoms with Crippen LogP contribution in [0.1, 0.15) is 44.6 Å². The highest BCUT2D eigenvalue weighted by atomic mass is 35.5. The van der Waals surface area contributed by atoms with Crippen LogP contribution in [0.2, 0.25) is 10.0 Å². The molecule has 1 aromatic rings. The molecule has 2 rings (SSSR count). The summed E-state index contributed by atoms with van der Waals surface area (Å²) in [6.07, 6.45) is 5.48. The van der Waals surface area contributed by atoms with Crippen LogP contribution >= 0.6 is 23.2 Å². The molecule has 0 aliphatic heterocycles. The molecule has 0 aromatic heterocycles. The summed E-state index contributed by atoms with van der Waals surface area (Å²) in [5, 5.41) is 11.0. The van der Waals surface area contributed by atoms with E-state index in [4.69, 9.17) is 28.9 Å². The number of hydrogen-bond donors (Lipinski definition) is 2. The molecule has 0 radical (unpaired) electrons. The summed E-state index contributed by atoms with van der Waals surface area (Å²) in [5.41, 5.74) is 6.80. The lowest BCUT2D eigenvalue weighted by Gasteiger charge is -2.36. The van der Waals surface area contributed by atoms with Gasteiger partial charge in [0.15, 0.2) is 0 Å². The van der Waals surface area contributed by atoms with Gasteiger partial charge in [0, 0.05) is 29.2 Å². The molecular formula is C16H24Cl2N2O. The maximum atomic E-state index is 10.1. The smallest absolute Gasteiger partial charge is 0.138 e. The fraction of sp³-hybridized carbons (Fsp3) is 0.625. The Kier molecular flexibility index (Phi) is 6.18. The molecule has 118 valence electrons. The second-order valence-electron chi connectivity index (χ2n) is 5.93. The van der Waals surface area contributed by atoms with E-state index < -0.39 is 0 Å². The molecule has 0 unspecified atom stereocenters. The van der Waals surface area contributed by atoms with Crippen LogP contribution in [0.15, 0.2) is 12.1 Å². The van der Waals surface area contributed by atoms with E-state index in [1.165, 1.54) is 0 Å². The van der Waals surface area contributed by atoms with E-state index in [2.05, 4.69) is 11.8 Å². The van der Waals surface area contributed by atoms with Gasteiger partial charge in [-0.1, -0.05) is 30.1 Å². The van der Waals surface area contributed by atoms with Crippen molar-refractivity contribution in [3.8, 4) is 5.75 Å². The Balaban J connectivity index is 2.12. The molecule has 3 N–H and O–H groups in total. The summed E-state index contributed by atoms with van der Waals surface area (Å²) in [6, 6.07) is 4.26. The average Bonchev–Trinajstić information content (AvgIpc) is 2.44. The molecule has 5 heteroatoms. The van der Waals surface area contributed by atoms with Crippen LogP contribution in [-0.2, 0) is 6.54 Å². The molecule has 0 spiro atoms. The lowest BCUT2D eigenvalue weighted by atomic mass is 9.90. The highest BCUT2D eigenvalue weighted by Crippen LogP contribution is 2.33. The van der Waals surface area contributed by atoms with Crippen LogP contribution in [0.5, 0.6) is 5.75 Å². The first-order valence-electron chi connectivity index (χ1n) is 7.67. The molecular weight excluding hydrogens is 307 g/mol. The molecule has 0 bridgehead atoms. The first kappa shape index (κ1) is 16.9. The Morgan fingerprint density at radius 3 is 2.52 bits per heavy atom. The molecule has 0 saturated heterocycles. The number of nitrogens with two attached hydrogens (primary N) is 1. The molecule has 1 saturated carbocycles. The SMILES string of the molecule is CCCN(Cc1cc(Cl)cc(Cl)c1O)C1CCC(N)CC1. The van der Waals surface area contributed by atoms with Crippen molar-refractivity contribution in [1.82, 2.24) is 4.90 Å². The van der Waals surface area contributed by atoms with Gasteiger partial charge in [-0.05, 0) is 50.8 Å². The third kappa shape index (κ3) is 4.49. The summed E-state index contributed by atoms with van der Waals surface area (Å²) < 4.78 is 0. The number of phenols is 1. The van der Waals surface area contributed by atoms with Gasteiger partial charge >= 0.3 is 0 Å². The van der Waals surface area contributed by atoms with Crippen molar-refractivity contribution in [2.45, 2.75) is 57.7 Å². The summed E-state index contributed by atoms with van der Waals surface area (Å²) in [6.45, 7) is 3.86. The van der Waals surface area contributed by atoms with Crippen molar-refractivity contribution >= 4 is 23.2 Å². The largest absolute Gasteiger partial charge is 0.506 e. The van der Waals surface area contributed by atoms with Crippen LogP contribution in [-0.4, -0.2) is 28.6 Å². The molecule has 3 nitrogen and oxygen atoms in total. The van der Waals surface area contributed by atoms with Gasteiger partial charge in [-0.2, -0.15) is 0 Å². The molecule has 21 heavy (non-hydrogen) atoms. The number of hydrogen-bond acceptors (Lipinski definition) is 3. The van der Waals surface area contributed by atoms with E-state index in [9.17, 15) is 5.11 Å². The van der Waals surface area contributed by atoms with Gasteiger partial charge in [-0.3, -0.25) is 4.90 Å². The zero-order valence-electron chi connectivity index (χ0n) is 12.5. The van der Waals surface area contributed by atoms with E-state index in [-0.39, 0.29) is 5.75 Å². The maximum absolute atomic E-state index is 10.1. The summed E-state index contributed by atoms with van der Waals surface area (Å²) in [5.74, 6) is 0.148. The standard InChI is InChI=1S/C16H24Cl2N2O/c1-2-7-20(14-5-3-13(19)4-6-14)10-11-8-12(17)9-15(18)16(11)21/h8-9,13-14,21H,2-7,10,19H2,1H3. The van der Waals surface area contributed by atoms with E-state index >= 15 is 0 Å². The van der Waals surface area contributed by atoms with Crippen molar-refractivity contribution in [3.05, 3.63) is 27.7 Å². The number of phenolic OH excluding ortho intramolecular Hbond substituents is 1. The van der Waals surface area contributed by atoms with Gasteiger partial charge in [-0.15, -0.1) is 0 Å². The molecule has 1 aliphatic carbocycles. The second kappa shape index (κ2) is 7.68. The van der Waals surface area contributed by atoms with Crippen molar-refractivity contribution in [2.75, 3.05) is 6.54 Å². The number of nitrogens with zero attached hydrogens (tertiary/aromatic N) is 1. The third-order valence-electron chi connectivity index (χ3n) is 4.25. The lowest BCUT2D eigenvalue weighted by Crippen LogP contribution is -2.40. The van der Waals surface area contributed by atoms with Gasteiger partial charge in [0.25, 0.3) is 0 Å². The minimum absolute atomic E-state index is 0.148. The minimum atomic E-state index is 0.148. The molecule has 0 amide bonds. The monoisotopic (exact) mass is 330 g/mol. The molecule has 0 atom stereocenters. The second-order valence-corrected chi connectivity index (χ2v) is 6.78. The van der Waals surface area contributed by atoms with E-state index in [1.54, 1.807) is 12.1 Å². The number of aromatic hydroxyl groups is 1. The van der Waals surface area contributed by atoms with Gasteiger partial charge in [0.05, 0.1) is 5.02 Å². The first-order chi connectivity index (χ1) is 10.0. The Hall–Kier alpha value is -0.480. The van der Waals surface area contributed by atoms with Gasteiger partial charge < -0.3 is 10.8 Å². The van der Waals surface area contributed by atoms with Gasteiger partial charge in [-0.25, -0.2) is 0 Å². The van der Waals surface area contributed by atoms with Crippen molar-refractivity contribution in [2.24, 2.45) is 5.73 Å². The molecule has 0 heterocycles.